The topological polar surface area (TPSA) is 157 Å². The molecule has 5 N–H and O–H groups in total. The smallest absolute Gasteiger partial charge is 0.239 e. The van der Waals surface area contributed by atoms with E-state index in [1.165, 1.54) is 26.7 Å². The first-order valence-corrected chi connectivity index (χ1v) is 18.9. The quantitative estimate of drug-likeness (QED) is 0.218. The third kappa shape index (κ3) is 9.87. The molecule has 2 aromatic rings. The number of carbonyl (C=O) groups excluding carboxylic acids is 2. The molecular formula is C35H56N6O5S. The Morgan fingerprint density at radius 2 is 1.74 bits per heavy atom. The average Bonchev–Trinajstić information content (AvgIpc) is 3.40. The Balaban J connectivity index is 1.60. The molecule has 0 spiro atoms. The third-order valence-electron chi connectivity index (χ3n) is 9.98. The second-order valence-electron chi connectivity index (χ2n) is 15.3. The van der Waals surface area contributed by atoms with Crippen LogP contribution in [0.25, 0.3) is 0 Å². The summed E-state index contributed by atoms with van der Waals surface area (Å²) in [5.41, 5.74) is 1.25. The number of aromatic amines is 1. The van der Waals surface area contributed by atoms with Crippen LogP contribution in [0.2, 0.25) is 0 Å². The SMILES string of the molecule is Cc1ncc(CN[C@H](C(=O)N[C@@H](Cc2ccccc2)[C@H](O)CN2CC3CCCCC3C[C@H]2C(=O)NC(C)(C)C)C(C)(C)S(C)(=O)=O)[nH]1. The van der Waals surface area contributed by atoms with Gasteiger partial charge in [-0.1, -0.05) is 49.6 Å². The molecule has 0 bridgehead atoms. The monoisotopic (exact) mass is 672 g/mol. The van der Waals surface area contributed by atoms with Crippen molar-refractivity contribution in [1.29, 1.82) is 0 Å². The highest BCUT2D eigenvalue weighted by molar-refractivity contribution is 7.92. The zero-order valence-corrected chi connectivity index (χ0v) is 30.0. The van der Waals surface area contributed by atoms with Crippen molar-refractivity contribution < 1.29 is 23.1 Å². The van der Waals surface area contributed by atoms with Gasteiger partial charge < -0.3 is 20.7 Å². The molecule has 1 aliphatic heterocycles. The zero-order chi connectivity index (χ0) is 34.6. The number of hydrogen-bond acceptors (Lipinski definition) is 8. The highest BCUT2D eigenvalue weighted by Gasteiger charge is 2.45. The summed E-state index contributed by atoms with van der Waals surface area (Å²) in [5, 5.41) is 21.3. The number of nitrogens with one attached hydrogen (secondary N) is 4. The van der Waals surface area contributed by atoms with Gasteiger partial charge in [-0.05, 0) is 78.2 Å². The molecule has 4 rings (SSSR count). The van der Waals surface area contributed by atoms with E-state index in [0.717, 1.165) is 36.8 Å². The lowest BCUT2D eigenvalue weighted by Gasteiger charge is -2.47. The molecular weight excluding hydrogens is 616 g/mol. The molecule has 1 saturated carbocycles. The van der Waals surface area contributed by atoms with Gasteiger partial charge in [0, 0.05) is 43.3 Å². The normalized spacial score (nSPS) is 22.9. The molecule has 1 aromatic heterocycles. The number of aryl methyl sites for hydroxylation is 1. The zero-order valence-electron chi connectivity index (χ0n) is 29.2. The van der Waals surface area contributed by atoms with Crippen molar-refractivity contribution in [3.63, 3.8) is 0 Å². The predicted molar refractivity (Wildman–Crippen MR) is 184 cm³/mol. The number of nitrogens with zero attached hydrogens (tertiary/aromatic N) is 2. The third-order valence-corrected chi connectivity index (χ3v) is 12.1. The van der Waals surface area contributed by atoms with Gasteiger partial charge in [0.1, 0.15) is 11.9 Å². The Morgan fingerprint density at radius 1 is 1.09 bits per heavy atom. The number of sulfone groups is 1. The fraction of sp³-hybridized carbons (Fsp3) is 0.686. The summed E-state index contributed by atoms with van der Waals surface area (Å²) >= 11 is 0. The Bertz CT molecular complexity index is 1450. The lowest BCUT2D eigenvalue weighted by atomic mass is 9.72. The minimum atomic E-state index is -3.69. The van der Waals surface area contributed by atoms with Gasteiger partial charge in [-0.3, -0.25) is 19.8 Å². The Kier molecular flexibility index (Phi) is 12.0. The van der Waals surface area contributed by atoms with Crippen LogP contribution in [0.5, 0.6) is 0 Å². The van der Waals surface area contributed by atoms with E-state index in [0.29, 0.717) is 30.6 Å². The molecule has 1 aliphatic carbocycles. The number of hydrogen-bond donors (Lipinski definition) is 5. The van der Waals surface area contributed by atoms with Crippen molar-refractivity contribution in [2.45, 2.75) is 121 Å². The van der Waals surface area contributed by atoms with Gasteiger partial charge >= 0.3 is 0 Å². The van der Waals surface area contributed by atoms with Gasteiger partial charge in [-0.2, -0.15) is 0 Å². The minimum absolute atomic E-state index is 0.0365. The molecule has 1 aromatic carbocycles. The molecule has 2 amide bonds. The summed E-state index contributed by atoms with van der Waals surface area (Å²) in [5.74, 6) is 1.10. The standard InChI is InChI=1S/C35H56N6O5S/c1-23-36-19-27(38-23)20-37-31(35(5,6)47(7,45)46)33(44)39-28(17-24-13-9-8-10-14-24)30(42)22-41-21-26-16-12-11-15-25(26)18-29(41)32(43)40-34(2,3)4/h8-10,13-14,19,25-26,28-31,37,42H,11-12,15-18,20-22H2,1-7H3,(H,36,38)(H,39,44)(H,40,43)/t25?,26?,28-,29-,30+,31+/m0/s1. The number of rotatable bonds is 13. The second kappa shape index (κ2) is 15.2. The van der Waals surface area contributed by atoms with Crippen LogP contribution in [0.15, 0.2) is 36.5 Å². The van der Waals surface area contributed by atoms with E-state index in [4.69, 9.17) is 0 Å². The fourth-order valence-electron chi connectivity index (χ4n) is 7.05. The number of likely N-dealkylation sites (tertiary alicyclic amines) is 1. The lowest BCUT2D eigenvalue weighted by molar-refractivity contribution is -0.133. The van der Waals surface area contributed by atoms with Crippen molar-refractivity contribution in [3.05, 3.63) is 53.6 Å². The van der Waals surface area contributed by atoms with Gasteiger partial charge in [0.25, 0.3) is 0 Å². The number of imidazole rings is 1. The van der Waals surface area contributed by atoms with Crippen molar-refractivity contribution in [3.8, 4) is 0 Å². The van der Waals surface area contributed by atoms with Crippen molar-refractivity contribution in [1.82, 2.24) is 30.8 Å². The molecule has 2 fully saturated rings. The van der Waals surface area contributed by atoms with Crippen LogP contribution in [-0.4, -0.2) is 94.1 Å². The Labute approximate surface area is 281 Å². The van der Waals surface area contributed by atoms with Crippen LogP contribution >= 0.6 is 0 Å². The number of aliphatic hydroxyl groups excluding tert-OH is 1. The van der Waals surface area contributed by atoms with E-state index >= 15 is 0 Å². The summed E-state index contributed by atoms with van der Waals surface area (Å²) in [6, 6.07) is 7.35. The summed E-state index contributed by atoms with van der Waals surface area (Å²) in [7, 11) is -3.69. The van der Waals surface area contributed by atoms with E-state index in [1.54, 1.807) is 6.20 Å². The first-order valence-electron chi connectivity index (χ1n) is 17.0. The summed E-state index contributed by atoms with van der Waals surface area (Å²) in [6.45, 7) is 11.9. The number of piperidine rings is 1. The maximum Gasteiger partial charge on any atom is 0.239 e. The van der Waals surface area contributed by atoms with Crippen LogP contribution in [0.1, 0.15) is 83.8 Å². The highest BCUT2D eigenvalue weighted by Crippen LogP contribution is 2.39. The summed E-state index contributed by atoms with van der Waals surface area (Å²) < 4.78 is 24.5. The van der Waals surface area contributed by atoms with Crippen LogP contribution in [0, 0.1) is 18.8 Å². The second-order valence-corrected chi connectivity index (χ2v) is 17.9. The first kappa shape index (κ1) is 37.0. The molecule has 47 heavy (non-hydrogen) atoms. The number of β-amino-alcohol motifs (C(OH)–C–C–N with tert-alkyl or cyclic N) is 1. The van der Waals surface area contributed by atoms with Crippen LogP contribution in [0.4, 0.5) is 0 Å². The first-order chi connectivity index (χ1) is 21.9. The predicted octanol–water partition coefficient (Wildman–Crippen LogP) is 2.88. The van der Waals surface area contributed by atoms with E-state index in [-0.39, 0.29) is 25.0 Å². The van der Waals surface area contributed by atoms with E-state index in [9.17, 15) is 23.1 Å². The molecule has 11 nitrogen and oxygen atoms in total. The molecule has 0 radical (unpaired) electrons. The number of amides is 2. The van der Waals surface area contributed by atoms with Crippen molar-refractivity contribution in [2.24, 2.45) is 11.8 Å². The van der Waals surface area contributed by atoms with Crippen molar-refractivity contribution >= 4 is 21.7 Å². The molecule has 2 heterocycles. The van der Waals surface area contributed by atoms with Crippen LogP contribution < -0.4 is 16.0 Å². The van der Waals surface area contributed by atoms with Crippen LogP contribution in [-0.2, 0) is 32.4 Å². The van der Waals surface area contributed by atoms with Gasteiger partial charge in [0.2, 0.25) is 11.8 Å². The number of benzene rings is 1. The maximum atomic E-state index is 14.1. The minimum Gasteiger partial charge on any atom is -0.390 e. The number of H-pyrrole nitrogens is 1. The maximum absolute atomic E-state index is 14.1. The van der Waals surface area contributed by atoms with Crippen molar-refractivity contribution in [2.75, 3.05) is 19.3 Å². The molecule has 2 unspecified atom stereocenters. The highest BCUT2D eigenvalue weighted by atomic mass is 32.2. The van der Waals surface area contributed by atoms with E-state index in [2.05, 4.69) is 30.8 Å². The lowest BCUT2D eigenvalue weighted by Crippen LogP contribution is -2.63. The van der Waals surface area contributed by atoms with Gasteiger partial charge in [-0.15, -0.1) is 0 Å². The average molecular weight is 673 g/mol. The van der Waals surface area contributed by atoms with Crippen LogP contribution in [0.3, 0.4) is 0 Å². The van der Waals surface area contributed by atoms with Gasteiger partial charge in [0.05, 0.1) is 22.9 Å². The van der Waals surface area contributed by atoms with Gasteiger partial charge in [0.15, 0.2) is 9.84 Å². The molecule has 1 saturated heterocycles. The fourth-order valence-corrected chi connectivity index (χ4v) is 7.67. The molecule has 12 heteroatoms. The largest absolute Gasteiger partial charge is 0.390 e. The van der Waals surface area contributed by atoms with E-state index in [1.807, 2.05) is 58.0 Å². The molecule has 262 valence electrons. The number of aromatic nitrogens is 2. The number of fused-ring (bicyclic) bond motifs is 1. The molecule has 6 atom stereocenters. The van der Waals surface area contributed by atoms with Gasteiger partial charge in [-0.25, -0.2) is 13.4 Å². The summed E-state index contributed by atoms with van der Waals surface area (Å²) in [4.78, 5) is 37.2. The Morgan fingerprint density at radius 3 is 2.34 bits per heavy atom. The number of carbonyl (C=O) groups is 2. The number of aliphatic hydroxyl groups is 1. The molecule has 2 aliphatic rings. The van der Waals surface area contributed by atoms with E-state index < -0.39 is 44.2 Å². The summed E-state index contributed by atoms with van der Waals surface area (Å²) in [6.07, 6.45) is 7.41. The Hall–Kier alpha value is -2.80.